The predicted molar refractivity (Wildman–Crippen MR) is 170 cm³/mol. The van der Waals surface area contributed by atoms with E-state index >= 15 is 0 Å². The highest BCUT2D eigenvalue weighted by molar-refractivity contribution is 5.96. The van der Waals surface area contributed by atoms with Crippen LogP contribution in [-0.2, 0) is 36.8 Å². The van der Waals surface area contributed by atoms with Crippen LogP contribution in [0, 0.1) is 0 Å². The predicted octanol–water partition coefficient (Wildman–Crippen LogP) is 0.968. The molecule has 3 rings (SSSR count). The van der Waals surface area contributed by atoms with Crippen molar-refractivity contribution in [3.8, 4) is 5.75 Å². The van der Waals surface area contributed by atoms with E-state index in [2.05, 4.69) is 26.6 Å². The van der Waals surface area contributed by atoms with Gasteiger partial charge in [-0.3, -0.25) is 24.0 Å². The number of nitrogens with one attached hydrogen (secondary N) is 5. The molecule has 0 unspecified atom stereocenters. The molecule has 3 atom stereocenters. The van der Waals surface area contributed by atoms with Gasteiger partial charge in [-0.1, -0.05) is 60.7 Å². The maximum Gasteiger partial charge on any atom is 0.243 e. The minimum absolute atomic E-state index is 0.118. The Bertz CT molecular complexity index is 1440. The number of carbonyl (C=O) groups excluding carboxylic acids is 5. The molecular formula is C33H40N6O6. The van der Waals surface area contributed by atoms with Gasteiger partial charge >= 0.3 is 0 Å². The number of nitrogens with zero attached hydrogens (tertiary/aromatic N) is 1. The molecule has 0 aromatic heterocycles. The van der Waals surface area contributed by atoms with Crippen molar-refractivity contribution in [2.24, 2.45) is 0 Å². The van der Waals surface area contributed by atoms with Crippen LogP contribution in [0.3, 0.4) is 0 Å². The molecule has 0 bridgehead atoms. The summed E-state index contributed by atoms with van der Waals surface area (Å²) < 4.78 is 0. The highest BCUT2D eigenvalue weighted by Gasteiger charge is 2.28. The highest BCUT2D eigenvalue weighted by atomic mass is 16.3. The summed E-state index contributed by atoms with van der Waals surface area (Å²) in [5.41, 5.74) is 2.21. The van der Waals surface area contributed by atoms with Gasteiger partial charge in [0, 0.05) is 19.2 Å². The number of carbonyl (C=O) groups is 5. The summed E-state index contributed by atoms with van der Waals surface area (Å²) in [5, 5.41) is 22.9. The first-order valence-electron chi connectivity index (χ1n) is 14.5. The molecule has 3 aromatic rings. The topological polar surface area (TPSA) is 169 Å². The number of phenolic OH excluding ortho intramolecular Hbond substituents is 1. The fraction of sp³-hybridized carbons (Fsp3) is 0.303. The van der Waals surface area contributed by atoms with Crippen molar-refractivity contribution >= 4 is 35.2 Å². The third kappa shape index (κ3) is 11.1. The maximum atomic E-state index is 13.2. The zero-order chi connectivity index (χ0) is 32.8. The third-order valence-electron chi connectivity index (χ3n) is 7.12. The molecule has 0 aliphatic heterocycles. The summed E-state index contributed by atoms with van der Waals surface area (Å²) in [7, 11) is 3.08. The SMILES string of the molecule is CN[C@@H](Cc1ccc(O)cc1)C(=O)N[C@H](C)C(=O)NCC(=O)N(C)[C@@H](Cc1ccccc1)C(=O)NCC(=O)Nc1ccccc1. The van der Waals surface area contributed by atoms with Gasteiger partial charge in [0.1, 0.15) is 17.8 Å². The number of likely N-dealkylation sites (N-methyl/N-ethyl adjacent to an activating group) is 2. The number of benzene rings is 3. The first-order valence-corrected chi connectivity index (χ1v) is 14.5. The number of phenols is 1. The molecule has 0 saturated carbocycles. The van der Waals surface area contributed by atoms with Crippen molar-refractivity contribution in [3.63, 3.8) is 0 Å². The van der Waals surface area contributed by atoms with Gasteiger partial charge in [-0.15, -0.1) is 0 Å². The largest absolute Gasteiger partial charge is 0.508 e. The Hall–Kier alpha value is -5.23. The second-order valence-electron chi connectivity index (χ2n) is 10.5. The fourth-order valence-corrected chi connectivity index (χ4v) is 4.44. The number of rotatable bonds is 15. The van der Waals surface area contributed by atoms with E-state index in [1.54, 1.807) is 43.4 Å². The van der Waals surface area contributed by atoms with Crippen LogP contribution in [0.4, 0.5) is 5.69 Å². The second kappa shape index (κ2) is 17.2. The van der Waals surface area contributed by atoms with Gasteiger partial charge < -0.3 is 36.6 Å². The Kier molecular flexibility index (Phi) is 13.1. The van der Waals surface area contributed by atoms with Crippen molar-refractivity contribution < 1.29 is 29.1 Å². The van der Waals surface area contributed by atoms with Crippen molar-refractivity contribution in [2.75, 3.05) is 32.5 Å². The summed E-state index contributed by atoms with van der Waals surface area (Å²) in [6, 6.07) is 21.9. The minimum Gasteiger partial charge on any atom is -0.508 e. The lowest BCUT2D eigenvalue weighted by atomic mass is 10.0. The molecule has 5 amide bonds. The molecule has 0 saturated heterocycles. The summed E-state index contributed by atoms with van der Waals surface area (Å²) >= 11 is 0. The van der Waals surface area contributed by atoms with E-state index in [1.807, 2.05) is 36.4 Å². The number of anilines is 1. The summed E-state index contributed by atoms with van der Waals surface area (Å²) in [4.78, 5) is 65.5. The first-order chi connectivity index (χ1) is 21.6. The number of hydrogen-bond acceptors (Lipinski definition) is 7. The normalized spacial score (nSPS) is 12.6. The molecule has 0 aliphatic rings. The number of hydrogen-bond donors (Lipinski definition) is 6. The quantitative estimate of drug-likeness (QED) is 0.148. The van der Waals surface area contributed by atoms with E-state index in [1.165, 1.54) is 31.0 Å². The zero-order valence-corrected chi connectivity index (χ0v) is 25.6. The van der Waals surface area contributed by atoms with Crippen molar-refractivity contribution in [2.45, 2.75) is 37.9 Å². The van der Waals surface area contributed by atoms with E-state index in [9.17, 15) is 29.1 Å². The van der Waals surface area contributed by atoms with E-state index in [0.29, 0.717) is 12.1 Å². The van der Waals surface area contributed by atoms with Crippen LogP contribution in [0.15, 0.2) is 84.9 Å². The second-order valence-corrected chi connectivity index (χ2v) is 10.5. The number of para-hydroxylation sites is 1. The minimum atomic E-state index is -0.963. The Morgan fingerprint density at radius 3 is 1.93 bits per heavy atom. The monoisotopic (exact) mass is 616 g/mol. The van der Waals surface area contributed by atoms with Crippen LogP contribution in [0.2, 0.25) is 0 Å². The Morgan fingerprint density at radius 1 is 0.733 bits per heavy atom. The van der Waals surface area contributed by atoms with Gasteiger partial charge in [-0.25, -0.2) is 0 Å². The molecule has 6 N–H and O–H groups in total. The van der Waals surface area contributed by atoms with E-state index in [0.717, 1.165) is 11.1 Å². The van der Waals surface area contributed by atoms with Gasteiger partial charge in [0.2, 0.25) is 29.5 Å². The van der Waals surface area contributed by atoms with Crippen molar-refractivity contribution in [1.29, 1.82) is 0 Å². The molecule has 0 spiro atoms. The molecule has 0 aliphatic carbocycles. The zero-order valence-electron chi connectivity index (χ0n) is 25.6. The van der Waals surface area contributed by atoms with Crippen LogP contribution < -0.4 is 26.6 Å². The van der Waals surface area contributed by atoms with E-state index in [-0.39, 0.29) is 18.7 Å². The summed E-state index contributed by atoms with van der Waals surface area (Å²) in [6.07, 6.45) is 0.515. The lowest BCUT2D eigenvalue weighted by Gasteiger charge is -2.28. The molecule has 12 heteroatoms. The molecule has 0 radical (unpaired) electrons. The van der Waals surface area contributed by atoms with Crippen molar-refractivity contribution in [3.05, 3.63) is 96.1 Å². The molecule has 12 nitrogen and oxygen atoms in total. The van der Waals surface area contributed by atoms with Crippen LogP contribution in [0.5, 0.6) is 5.75 Å². The third-order valence-corrected chi connectivity index (χ3v) is 7.12. The van der Waals surface area contributed by atoms with Crippen LogP contribution in [-0.4, -0.2) is 84.9 Å². The standard InChI is InChI=1S/C33H40N6O6/c1-22(37-32(44)27(34-2)18-24-14-16-26(40)17-15-24)31(43)36-21-30(42)39(3)28(19-23-10-6-4-7-11-23)33(45)35-20-29(41)38-25-12-8-5-9-13-25/h4-17,22,27-28,34,40H,18-21H2,1-3H3,(H,35,45)(H,36,43)(H,37,44)(H,38,41)/t22-,27+,28+/m1/s1. The van der Waals surface area contributed by atoms with Gasteiger partial charge in [0.25, 0.3) is 0 Å². The van der Waals surface area contributed by atoms with E-state index in [4.69, 9.17) is 0 Å². The number of amides is 5. The lowest BCUT2D eigenvalue weighted by molar-refractivity contribution is -0.139. The molecule has 0 heterocycles. The molecule has 3 aromatic carbocycles. The van der Waals surface area contributed by atoms with Crippen molar-refractivity contribution in [1.82, 2.24) is 26.2 Å². The average molecular weight is 617 g/mol. The van der Waals surface area contributed by atoms with Gasteiger partial charge in [-0.05, 0) is 55.8 Å². The highest BCUT2D eigenvalue weighted by Crippen LogP contribution is 2.12. The average Bonchev–Trinajstić information content (AvgIpc) is 3.05. The Morgan fingerprint density at radius 2 is 1.31 bits per heavy atom. The first kappa shape index (κ1) is 34.3. The smallest absolute Gasteiger partial charge is 0.243 e. The van der Waals surface area contributed by atoms with Gasteiger partial charge in [-0.2, -0.15) is 0 Å². The summed E-state index contributed by atoms with van der Waals surface area (Å²) in [5.74, 6) is -2.36. The van der Waals surface area contributed by atoms with Gasteiger partial charge in [0.05, 0.1) is 19.1 Å². The Labute approximate surface area is 262 Å². The molecule has 0 fully saturated rings. The maximum absolute atomic E-state index is 13.2. The van der Waals surface area contributed by atoms with Crippen LogP contribution >= 0.6 is 0 Å². The van der Waals surface area contributed by atoms with Crippen LogP contribution in [0.25, 0.3) is 0 Å². The number of aromatic hydroxyl groups is 1. The Balaban J connectivity index is 1.55. The fourth-order valence-electron chi connectivity index (χ4n) is 4.44. The van der Waals surface area contributed by atoms with E-state index < -0.39 is 54.2 Å². The molecule has 238 valence electrons. The molecular weight excluding hydrogens is 576 g/mol. The van der Waals surface area contributed by atoms with Gasteiger partial charge in [0.15, 0.2) is 0 Å². The summed E-state index contributed by atoms with van der Waals surface area (Å²) in [6.45, 7) is 0.793. The van der Waals surface area contributed by atoms with Crippen LogP contribution in [0.1, 0.15) is 18.1 Å². The molecule has 45 heavy (non-hydrogen) atoms. The lowest BCUT2D eigenvalue weighted by Crippen LogP contribution is -2.54.